The monoisotopic (exact) mass is 391 g/mol. The number of cyclic esters (lactones) is 1. The van der Waals surface area contributed by atoms with Crippen LogP contribution in [0.4, 0.5) is 0 Å². The molecule has 152 valence electrons. The number of hydrogen-bond donors (Lipinski definition) is 2. The molecule has 2 aromatic carbocycles. The smallest absolute Gasteiger partial charge is 0.338 e. The molecule has 3 rings (SSSR count). The molecule has 5 nitrogen and oxygen atoms in total. The van der Waals surface area contributed by atoms with Crippen molar-refractivity contribution >= 4 is 12.2 Å². The zero-order valence-electron chi connectivity index (χ0n) is 17.4. The van der Waals surface area contributed by atoms with Crippen LogP contribution in [0.3, 0.4) is 0 Å². The fraction of sp³-hybridized carbons (Fsp3) is 0.333. The van der Waals surface area contributed by atoms with Crippen molar-refractivity contribution in [3.05, 3.63) is 82.1 Å². The number of hydrogen-bond acceptors (Lipinski definition) is 5. The van der Waals surface area contributed by atoms with E-state index in [1.807, 2.05) is 36.5 Å². The highest BCUT2D eigenvalue weighted by molar-refractivity contribution is 5.93. The van der Waals surface area contributed by atoms with Crippen LogP contribution in [0.1, 0.15) is 46.5 Å². The first kappa shape index (κ1) is 20.8. The normalized spacial score (nSPS) is 14.3. The number of carbonyl (C=O) groups is 1. The number of nitrogens with one attached hydrogen (secondary N) is 1. The largest absolute Gasteiger partial charge is 0.457 e. The maximum Gasteiger partial charge on any atom is 0.338 e. The van der Waals surface area contributed by atoms with Gasteiger partial charge in [0.05, 0.1) is 12.1 Å². The van der Waals surface area contributed by atoms with Crippen LogP contribution in [-0.4, -0.2) is 24.3 Å². The molecule has 1 heterocycles. The molecule has 0 fully saturated rings. The lowest BCUT2D eigenvalue weighted by molar-refractivity contribution is 0.0535. The number of esters is 1. The van der Waals surface area contributed by atoms with E-state index in [1.54, 1.807) is 6.20 Å². The summed E-state index contributed by atoms with van der Waals surface area (Å²) in [4.78, 5) is 16.2. The van der Waals surface area contributed by atoms with E-state index in [9.17, 15) is 4.79 Å². The zero-order valence-corrected chi connectivity index (χ0v) is 17.4. The predicted octanol–water partition coefficient (Wildman–Crippen LogP) is 3.69. The second-order valence-corrected chi connectivity index (χ2v) is 7.83. The fourth-order valence-electron chi connectivity index (χ4n) is 3.53. The number of aliphatic imine (C=N–C) groups is 1. The molecule has 0 saturated heterocycles. The minimum atomic E-state index is -0.307. The Morgan fingerprint density at radius 3 is 2.72 bits per heavy atom. The van der Waals surface area contributed by atoms with Crippen molar-refractivity contribution in [2.75, 3.05) is 6.54 Å². The molecule has 0 saturated carbocycles. The van der Waals surface area contributed by atoms with Crippen LogP contribution in [0.25, 0.3) is 0 Å². The van der Waals surface area contributed by atoms with Crippen molar-refractivity contribution in [1.29, 1.82) is 0 Å². The summed E-state index contributed by atoms with van der Waals surface area (Å²) in [5.74, 6) is -0.221. The Labute approximate surface area is 172 Å². The van der Waals surface area contributed by atoms with Crippen LogP contribution in [0.5, 0.6) is 0 Å². The molecular weight excluding hydrogens is 362 g/mol. The highest BCUT2D eigenvalue weighted by Crippen LogP contribution is 2.26. The topological polar surface area (TPSA) is 76.7 Å². The summed E-state index contributed by atoms with van der Waals surface area (Å²) in [5.41, 5.74) is 11.8. The van der Waals surface area contributed by atoms with Gasteiger partial charge in [-0.05, 0) is 56.5 Å². The van der Waals surface area contributed by atoms with Gasteiger partial charge in [-0.1, -0.05) is 36.4 Å². The molecule has 0 aliphatic carbocycles. The second-order valence-electron chi connectivity index (χ2n) is 7.83. The molecule has 0 unspecified atom stereocenters. The first-order valence-electron chi connectivity index (χ1n) is 9.92. The molecule has 0 spiro atoms. The van der Waals surface area contributed by atoms with Gasteiger partial charge in [0.1, 0.15) is 6.61 Å². The highest BCUT2D eigenvalue weighted by Gasteiger charge is 2.24. The summed E-state index contributed by atoms with van der Waals surface area (Å²) in [7, 11) is 0. The van der Waals surface area contributed by atoms with Gasteiger partial charge < -0.3 is 15.8 Å². The van der Waals surface area contributed by atoms with E-state index < -0.39 is 0 Å². The van der Waals surface area contributed by atoms with Crippen LogP contribution >= 0.6 is 0 Å². The van der Waals surface area contributed by atoms with Gasteiger partial charge >= 0.3 is 5.97 Å². The maximum absolute atomic E-state index is 11.7. The predicted molar refractivity (Wildman–Crippen MR) is 117 cm³/mol. The lowest BCUT2D eigenvalue weighted by Crippen LogP contribution is -2.43. The van der Waals surface area contributed by atoms with Gasteiger partial charge in [-0.2, -0.15) is 0 Å². The summed E-state index contributed by atoms with van der Waals surface area (Å²) in [6.45, 7) is 8.05. The molecule has 0 bridgehead atoms. The van der Waals surface area contributed by atoms with Crippen molar-refractivity contribution in [3.63, 3.8) is 0 Å². The molecule has 3 N–H and O–H groups in total. The van der Waals surface area contributed by atoms with E-state index in [2.05, 4.69) is 43.2 Å². The molecular formula is C24H29N3O2. The van der Waals surface area contributed by atoms with Crippen molar-refractivity contribution in [2.45, 2.75) is 45.9 Å². The number of ether oxygens (including phenoxy) is 1. The molecule has 0 amide bonds. The zero-order chi connectivity index (χ0) is 20.9. The third-order valence-corrected chi connectivity index (χ3v) is 5.49. The van der Waals surface area contributed by atoms with E-state index in [0.29, 0.717) is 18.7 Å². The summed E-state index contributed by atoms with van der Waals surface area (Å²) in [6.07, 6.45) is 4.32. The quantitative estimate of drug-likeness (QED) is 0.531. The number of rotatable bonds is 8. The SMILES string of the molecule is Cc1c(CCNC(C)(C)C(C=NCc2ccccc2)=CN)ccc2c1COC2=O. The van der Waals surface area contributed by atoms with Crippen LogP contribution in [0.2, 0.25) is 0 Å². The van der Waals surface area contributed by atoms with Gasteiger partial charge in [-0.25, -0.2) is 4.79 Å². The summed E-state index contributed by atoms with van der Waals surface area (Å²) < 4.78 is 5.14. The third-order valence-electron chi connectivity index (χ3n) is 5.49. The molecule has 0 radical (unpaired) electrons. The van der Waals surface area contributed by atoms with E-state index >= 15 is 0 Å². The Kier molecular flexibility index (Phi) is 6.49. The van der Waals surface area contributed by atoms with Crippen molar-refractivity contribution in [1.82, 2.24) is 5.32 Å². The third kappa shape index (κ3) is 4.93. The maximum atomic E-state index is 11.7. The lowest BCUT2D eigenvalue weighted by atomic mass is 9.94. The second kappa shape index (κ2) is 9.05. The average Bonchev–Trinajstić information content (AvgIpc) is 3.09. The number of benzene rings is 2. The molecule has 1 aliphatic heterocycles. The Hall–Kier alpha value is -2.92. The van der Waals surface area contributed by atoms with Crippen LogP contribution in [0, 0.1) is 6.92 Å². The Balaban J connectivity index is 1.58. The minimum Gasteiger partial charge on any atom is -0.457 e. The Morgan fingerprint density at radius 2 is 2.00 bits per heavy atom. The van der Waals surface area contributed by atoms with Crippen LogP contribution in [-0.2, 0) is 24.3 Å². The first-order valence-corrected chi connectivity index (χ1v) is 9.92. The van der Waals surface area contributed by atoms with Crippen LogP contribution in [0.15, 0.2) is 59.2 Å². The van der Waals surface area contributed by atoms with Crippen molar-refractivity contribution in [2.24, 2.45) is 10.7 Å². The van der Waals surface area contributed by atoms with Gasteiger partial charge in [0.25, 0.3) is 0 Å². The van der Waals surface area contributed by atoms with E-state index in [1.165, 1.54) is 11.1 Å². The first-order chi connectivity index (χ1) is 13.9. The highest BCUT2D eigenvalue weighted by atomic mass is 16.5. The molecule has 29 heavy (non-hydrogen) atoms. The molecule has 2 aromatic rings. The van der Waals surface area contributed by atoms with Gasteiger partial charge in [0.2, 0.25) is 0 Å². The van der Waals surface area contributed by atoms with Crippen molar-refractivity contribution in [3.8, 4) is 0 Å². The van der Waals surface area contributed by atoms with Crippen LogP contribution < -0.4 is 11.1 Å². The number of nitrogens with two attached hydrogens (primary N) is 1. The minimum absolute atomic E-state index is 0.221. The average molecular weight is 392 g/mol. The van der Waals surface area contributed by atoms with Gasteiger partial charge in [0.15, 0.2) is 0 Å². The number of carbonyl (C=O) groups excluding carboxylic acids is 1. The van der Waals surface area contributed by atoms with Gasteiger partial charge in [0, 0.05) is 29.1 Å². The van der Waals surface area contributed by atoms with Crippen molar-refractivity contribution < 1.29 is 9.53 Å². The summed E-state index contributed by atoms with van der Waals surface area (Å²) in [6, 6.07) is 14.0. The number of fused-ring (bicyclic) bond motifs is 1. The van der Waals surface area contributed by atoms with E-state index in [0.717, 1.165) is 29.7 Å². The standard InChI is InChI=1S/C24H29N3O2/c1-17-19(9-10-21-22(17)16-29-23(21)28)11-12-27-24(2,3)20(13-25)15-26-14-18-7-5-4-6-8-18/h4-10,13,15,27H,11-12,14,16,25H2,1-3H3. The Bertz CT molecular complexity index is 931. The molecule has 0 atom stereocenters. The Morgan fingerprint density at radius 1 is 1.24 bits per heavy atom. The molecule has 1 aliphatic rings. The molecule has 0 aromatic heterocycles. The van der Waals surface area contributed by atoms with E-state index in [4.69, 9.17) is 10.5 Å². The van der Waals surface area contributed by atoms with E-state index in [-0.39, 0.29) is 11.5 Å². The van der Waals surface area contributed by atoms with Gasteiger partial charge in [-0.15, -0.1) is 0 Å². The lowest BCUT2D eigenvalue weighted by Gasteiger charge is -2.27. The summed E-state index contributed by atoms with van der Waals surface area (Å²) >= 11 is 0. The molecule has 5 heteroatoms. The fourth-order valence-corrected chi connectivity index (χ4v) is 3.53. The summed E-state index contributed by atoms with van der Waals surface area (Å²) in [5, 5.41) is 3.57. The number of nitrogens with zero attached hydrogens (tertiary/aromatic N) is 1. The van der Waals surface area contributed by atoms with Gasteiger partial charge in [-0.3, -0.25) is 4.99 Å².